The van der Waals surface area contributed by atoms with Crippen LogP contribution < -0.4 is 10.6 Å². The minimum atomic E-state index is -0.781. The number of aromatic nitrogens is 1. The molecule has 0 radical (unpaired) electrons. The average Bonchev–Trinajstić information content (AvgIpc) is 3.99. The van der Waals surface area contributed by atoms with E-state index in [4.69, 9.17) is 9.47 Å². The van der Waals surface area contributed by atoms with Crippen molar-refractivity contribution in [2.24, 2.45) is 23.7 Å². The van der Waals surface area contributed by atoms with Gasteiger partial charge in [-0.2, -0.15) is 0 Å². The number of rotatable bonds is 24. The Bertz CT molecular complexity index is 1810. The second-order valence-corrected chi connectivity index (χ2v) is 18.8. The van der Waals surface area contributed by atoms with E-state index in [2.05, 4.69) is 46.5 Å². The highest BCUT2D eigenvalue weighted by atomic mass is 32.1. The van der Waals surface area contributed by atoms with Gasteiger partial charge in [0.25, 0.3) is 0 Å². The van der Waals surface area contributed by atoms with E-state index in [-0.39, 0.29) is 59.9 Å². The zero-order chi connectivity index (χ0) is 45.5. The summed E-state index contributed by atoms with van der Waals surface area (Å²) in [6.45, 7) is 15.2. The fraction of sp³-hybridized carbons (Fsp3) is 0.612. The van der Waals surface area contributed by atoms with Crippen LogP contribution in [0.5, 0.6) is 0 Å². The molecule has 0 aliphatic carbocycles. The van der Waals surface area contributed by atoms with E-state index in [1.165, 1.54) is 16.9 Å². The maximum absolute atomic E-state index is 14.6. The van der Waals surface area contributed by atoms with E-state index >= 15 is 0 Å². The first-order valence-electron chi connectivity index (χ1n) is 22.5. The fourth-order valence-electron chi connectivity index (χ4n) is 9.14. The topological polar surface area (TPSA) is 133 Å². The molecule has 0 saturated carbocycles. The molecule has 3 aromatic rings. The molecule has 12 nitrogen and oxygen atoms in total. The first-order chi connectivity index (χ1) is 29.6. The lowest BCUT2D eigenvalue weighted by molar-refractivity contribution is -0.148. The van der Waals surface area contributed by atoms with Crippen LogP contribution in [0.15, 0.2) is 72.2 Å². The molecular formula is C49H74N6O6S. The highest BCUT2D eigenvalue weighted by Gasteiger charge is 2.43. The molecule has 2 N–H and O–H groups in total. The van der Waals surface area contributed by atoms with Crippen molar-refractivity contribution in [2.75, 3.05) is 41.4 Å². The molecule has 62 heavy (non-hydrogen) atoms. The monoisotopic (exact) mass is 875 g/mol. The summed E-state index contributed by atoms with van der Waals surface area (Å²) in [5.74, 6) is -1.44. The summed E-state index contributed by atoms with van der Waals surface area (Å²) >= 11 is 1.51. The molecule has 2 aromatic carbocycles. The summed E-state index contributed by atoms with van der Waals surface area (Å²) in [6.07, 6.45) is 4.24. The number of carbonyl (C=O) groups is 4. The molecule has 1 aliphatic rings. The Morgan fingerprint density at radius 3 is 2.06 bits per heavy atom. The molecule has 0 bridgehead atoms. The lowest BCUT2D eigenvalue weighted by Crippen LogP contribution is -2.60. The Hall–Kier alpha value is -4.17. The number of thiazole rings is 1. The van der Waals surface area contributed by atoms with Gasteiger partial charge in [-0.1, -0.05) is 116 Å². The van der Waals surface area contributed by atoms with Crippen molar-refractivity contribution in [3.05, 3.63) is 88.4 Å². The van der Waals surface area contributed by atoms with Crippen LogP contribution in [0, 0.1) is 23.7 Å². The number of amides is 4. The van der Waals surface area contributed by atoms with Crippen LogP contribution in [0.1, 0.15) is 96.3 Å². The van der Waals surface area contributed by atoms with E-state index in [1.807, 2.05) is 100 Å². The Morgan fingerprint density at radius 2 is 1.52 bits per heavy atom. The summed E-state index contributed by atoms with van der Waals surface area (Å²) < 4.78 is 12.2. The summed E-state index contributed by atoms with van der Waals surface area (Å²) in [5.41, 5.74) is 2.29. The van der Waals surface area contributed by atoms with Gasteiger partial charge in [0.1, 0.15) is 11.0 Å². The Kier molecular flexibility index (Phi) is 20.0. The maximum atomic E-state index is 14.6. The van der Waals surface area contributed by atoms with Crippen molar-refractivity contribution in [2.45, 2.75) is 129 Å². The Labute approximate surface area is 375 Å². The summed E-state index contributed by atoms with van der Waals surface area (Å²) in [6, 6.07) is 17.9. The molecule has 1 aromatic heterocycles. The third-order valence-corrected chi connectivity index (χ3v) is 13.7. The van der Waals surface area contributed by atoms with Crippen LogP contribution in [0.2, 0.25) is 0 Å². The van der Waals surface area contributed by atoms with E-state index in [0.717, 1.165) is 29.8 Å². The van der Waals surface area contributed by atoms with Crippen LogP contribution in [0.3, 0.4) is 0 Å². The van der Waals surface area contributed by atoms with Crippen LogP contribution in [0.25, 0.3) is 0 Å². The van der Waals surface area contributed by atoms with E-state index in [9.17, 15) is 19.2 Å². The van der Waals surface area contributed by atoms with E-state index in [0.29, 0.717) is 25.9 Å². The fourth-order valence-corrected chi connectivity index (χ4v) is 9.83. The zero-order valence-corrected chi connectivity index (χ0v) is 39.9. The van der Waals surface area contributed by atoms with Gasteiger partial charge in [-0.3, -0.25) is 24.1 Å². The van der Waals surface area contributed by atoms with Crippen molar-refractivity contribution in [3.63, 3.8) is 0 Å². The van der Waals surface area contributed by atoms with Gasteiger partial charge in [0, 0.05) is 45.9 Å². The number of benzene rings is 2. The van der Waals surface area contributed by atoms with Crippen molar-refractivity contribution >= 4 is 35.0 Å². The second-order valence-electron chi connectivity index (χ2n) is 17.8. The molecule has 1 fully saturated rings. The van der Waals surface area contributed by atoms with Crippen molar-refractivity contribution < 1.29 is 28.7 Å². The van der Waals surface area contributed by atoms with Gasteiger partial charge >= 0.3 is 0 Å². The van der Waals surface area contributed by atoms with Gasteiger partial charge in [-0.25, -0.2) is 4.98 Å². The van der Waals surface area contributed by atoms with Crippen molar-refractivity contribution in [1.29, 1.82) is 0 Å². The minimum Gasteiger partial charge on any atom is -0.379 e. The highest BCUT2D eigenvalue weighted by molar-refractivity contribution is 7.09. The van der Waals surface area contributed by atoms with Gasteiger partial charge in [0.05, 0.1) is 48.7 Å². The Balaban J connectivity index is 1.47. The van der Waals surface area contributed by atoms with Gasteiger partial charge in [0.15, 0.2) is 0 Å². The predicted octanol–water partition coefficient (Wildman–Crippen LogP) is 6.80. The average molecular weight is 875 g/mol. The number of nitrogens with one attached hydrogen (secondary N) is 2. The quantitative estimate of drug-likeness (QED) is 0.101. The van der Waals surface area contributed by atoms with Gasteiger partial charge in [-0.15, -0.1) is 11.3 Å². The molecular weight excluding hydrogens is 801 g/mol. The largest absolute Gasteiger partial charge is 0.379 e. The predicted molar refractivity (Wildman–Crippen MR) is 247 cm³/mol. The molecule has 4 rings (SSSR count). The number of likely N-dealkylation sites (N-methyl/N-ethyl adjacent to an activating group) is 2. The lowest BCUT2D eigenvalue weighted by Gasteiger charge is -2.41. The zero-order valence-electron chi connectivity index (χ0n) is 39.1. The van der Waals surface area contributed by atoms with Crippen LogP contribution in [0.4, 0.5) is 0 Å². The third kappa shape index (κ3) is 13.4. The minimum absolute atomic E-state index is 0.0118. The van der Waals surface area contributed by atoms with Crippen LogP contribution >= 0.6 is 11.3 Å². The summed E-state index contributed by atoms with van der Waals surface area (Å²) in [7, 11) is 6.92. The number of ether oxygens (including phenoxy) is 2. The highest BCUT2D eigenvalue weighted by Crippen LogP contribution is 2.31. The SMILES string of the molecule is CC[C@H](C)[C@@H]([C@@H](CC(=O)N1CCC[C@H]1[C@H](OC)[C@@H](C)C(=O)N[C@@H](Cc1ccccc1)c1nccs1)OC)N(C)C(=O)[C@@H](NC(=O)[C@H](C(C)C)N(C)CCc1ccccc1)C(C)C. The molecule has 342 valence electrons. The Morgan fingerprint density at radius 1 is 0.871 bits per heavy atom. The molecule has 0 unspecified atom stereocenters. The lowest BCUT2D eigenvalue weighted by atomic mass is 9.89. The van der Waals surface area contributed by atoms with E-state index in [1.54, 1.807) is 32.4 Å². The third-order valence-electron chi connectivity index (χ3n) is 12.8. The molecule has 0 spiro atoms. The number of likely N-dealkylation sites (tertiary alicyclic amines) is 1. The maximum Gasteiger partial charge on any atom is 0.245 e. The number of methoxy groups -OCH3 is 2. The molecule has 9 atom stereocenters. The summed E-state index contributed by atoms with van der Waals surface area (Å²) in [5, 5.41) is 9.13. The number of carbonyl (C=O) groups excluding carboxylic acids is 4. The van der Waals surface area contributed by atoms with Gasteiger partial charge in [-0.05, 0) is 61.6 Å². The van der Waals surface area contributed by atoms with Gasteiger partial charge < -0.3 is 29.9 Å². The first kappa shape index (κ1) is 50.5. The number of hydrogen-bond acceptors (Lipinski definition) is 9. The van der Waals surface area contributed by atoms with Crippen molar-refractivity contribution in [1.82, 2.24) is 30.3 Å². The molecule has 4 amide bonds. The summed E-state index contributed by atoms with van der Waals surface area (Å²) in [4.78, 5) is 67.2. The second kappa shape index (κ2) is 24.6. The molecule has 2 heterocycles. The van der Waals surface area contributed by atoms with Gasteiger partial charge in [0.2, 0.25) is 23.6 Å². The smallest absolute Gasteiger partial charge is 0.245 e. The van der Waals surface area contributed by atoms with Crippen LogP contribution in [-0.2, 0) is 41.5 Å². The molecule has 1 aliphatic heterocycles. The molecule has 13 heteroatoms. The van der Waals surface area contributed by atoms with Crippen molar-refractivity contribution in [3.8, 4) is 0 Å². The van der Waals surface area contributed by atoms with Crippen LogP contribution in [-0.4, -0.2) is 121 Å². The standard InChI is InChI=1S/C49H74N6O6S/c1-12-34(6)44(54(9)49(59)42(32(2)3)52-47(58)43(33(4)5)53(8)28-25-36-20-15-13-16-21-36)40(60-10)31-41(56)55-27-19-24-39(55)45(61-11)35(7)46(57)51-38(48-50-26-29-62-48)30-37-22-17-14-18-23-37/h13-18,20-23,26,29,32-35,38-40,42-45H,12,19,24-25,27-28,30-31H2,1-11H3,(H,51,57)(H,52,58)/t34-,35+,38-,39-,40+,42-,43-,44-,45+/m0/s1. The first-order valence-corrected chi connectivity index (χ1v) is 23.4. The van der Waals surface area contributed by atoms with E-state index < -0.39 is 36.3 Å². The normalized spacial score (nSPS) is 18.2. The number of hydrogen-bond donors (Lipinski definition) is 2. The molecule has 1 saturated heterocycles. The number of nitrogens with zero attached hydrogens (tertiary/aromatic N) is 4.